The van der Waals surface area contributed by atoms with E-state index in [2.05, 4.69) is 0 Å². The second-order valence-electron chi connectivity index (χ2n) is 3.05. The summed E-state index contributed by atoms with van der Waals surface area (Å²) in [5.41, 5.74) is 0.00231. The van der Waals surface area contributed by atoms with Crippen molar-refractivity contribution in [2.45, 2.75) is 6.43 Å². The fourth-order valence-corrected chi connectivity index (χ4v) is 1.49. The van der Waals surface area contributed by atoms with Crippen molar-refractivity contribution >= 4 is 10.8 Å². The number of phenols is 1. The SMILES string of the molecule is Oc1ccc2c(C(F)F)cccc2c1. The lowest BCUT2D eigenvalue weighted by molar-refractivity contribution is 0.153. The van der Waals surface area contributed by atoms with E-state index in [1.54, 1.807) is 12.1 Å². The molecule has 0 saturated carbocycles. The molecule has 2 rings (SSSR count). The predicted molar refractivity (Wildman–Crippen MR) is 50.6 cm³/mol. The number of fused-ring (bicyclic) bond motifs is 1. The molecule has 2 aromatic carbocycles. The van der Waals surface area contributed by atoms with E-state index in [0.717, 1.165) is 0 Å². The van der Waals surface area contributed by atoms with Crippen molar-refractivity contribution < 1.29 is 13.9 Å². The minimum Gasteiger partial charge on any atom is -0.508 e. The normalized spacial score (nSPS) is 11.1. The maximum absolute atomic E-state index is 12.5. The van der Waals surface area contributed by atoms with E-state index in [4.69, 9.17) is 0 Å². The second-order valence-corrected chi connectivity index (χ2v) is 3.05. The van der Waals surface area contributed by atoms with Crippen LogP contribution in [0.25, 0.3) is 10.8 Å². The van der Waals surface area contributed by atoms with Gasteiger partial charge in [0.1, 0.15) is 5.75 Å². The number of alkyl halides is 2. The smallest absolute Gasteiger partial charge is 0.264 e. The largest absolute Gasteiger partial charge is 0.508 e. The Morgan fingerprint density at radius 1 is 1.07 bits per heavy atom. The molecular formula is C11H8F2O. The van der Waals surface area contributed by atoms with Gasteiger partial charge in [-0.3, -0.25) is 0 Å². The van der Waals surface area contributed by atoms with Crippen molar-refractivity contribution in [3.8, 4) is 5.75 Å². The Kier molecular flexibility index (Phi) is 2.08. The Hall–Kier alpha value is -1.64. The van der Waals surface area contributed by atoms with Crippen LogP contribution in [0.4, 0.5) is 8.78 Å². The zero-order valence-electron chi connectivity index (χ0n) is 7.24. The zero-order chi connectivity index (χ0) is 10.1. The highest BCUT2D eigenvalue weighted by Gasteiger charge is 2.10. The zero-order valence-corrected chi connectivity index (χ0v) is 7.24. The number of phenolic OH excluding ortho intramolecular Hbond substituents is 1. The second kappa shape index (κ2) is 3.25. The van der Waals surface area contributed by atoms with Gasteiger partial charge in [-0.25, -0.2) is 8.78 Å². The molecule has 0 bridgehead atoms. The molecule has 0 aromatic heterocycles. The van der Waals surface area contributed by atoms with E-state index in [-0.39, 0.29) is 11.3 Å². The molecule has 14 heavy (non-hydrogen) atoms. The third kappa shape index (κ3) is 1.41. The molecule has 0 aliphatic rings. The highest BCUT2D eigenvalue weighted by atomic mass is 19.3. The molecule has 0 saturated heterocycles. The van der Waals surface area contributed by atoms with Crippen LogP contribution in [0.3, 0.4) is 0 Å². The molecule has 0 aliphatic heterocycles. The summed E-state index contributed by atoms with van der Waals surface area (Å²) in [6.45, 7) is 0. The Balaban J connectivity index is 2.75. The average molecular weight is 194 g/mol. The van der Waals surface area contributed by atoms with Gasteiger partial charge >= 0.3 is 0 Å². The van der Waals surface area contributed by atoms with Gasteiger partial charge < -0.3 is 5.11 Å². The van der Waals surface area contributed by atoms with Gasteiger partial charge in [0.15, 0.2) is 0 Å². The summed E-state index contributed by atoms with van der Waals surface area (Å²) in [5, 5.41) is 10.3. The minimum absolute atomic E-state index is 0.00231. The summed E-state index contributed by atoms with van der Waals surface area (Å²) < 4.78 is 25.1. The van der Waals surface area contributed by atoms with Gasteiger partial charge in [0, 0.05) is 5.56 Å². The third-order valence-corrected chi connectivity index (χ3v) is 2.13. The molecule has 2 aromatic rings. The molecule has 3 heteroatoms. The fraction of sp³-hybridized carbons (Fsp3) is 0.0909. The van der Waals surface area contributed by atoms with Crippen LogP contribution in [-0.4, -0.2) is 5.11 Å². The highest BCUT2D eigenvalue weighted by Crippen LogP contribution is 2.29. The summed E-state index contributed by atoms with van der Waals surface area (Å²) >= 11 is 0. The first-order chi connectivity index (χ1) is 6.68. The van der Waals surface area contributed by atoms with Crippen LogP contribution in [0.5, 0.6) is 5.75 Å². The third-order valence-electron chi connectivity index (χ3n) is 2.13. The molecule has 1 N–H and O–H groups in total. The highest BCUT2D eigenvalue weighted by molar-refractivity contribution is 5.87. The van der Waals surface area contributed by atoms with Gasteiger partial charge in [-0.05, 0) is 22.9 Å². The Bertz CT molecular complexity index is 466. The first-order valence-corrected chi connectivity index (χ1v) is 4.18. The molecule has 0 heterocycles. The molecule has 0 aliphatic carbocycles. The summed E-state index contributed by atoms with van der Waals surface area (Å²) in [7, 11) is 0. The monoisotopic (exact) mass is 194 g/mol. The van der Waals surface area contributed by atoms with E-state index in [9.17, 15) is 13.9 Å². The number of rotatable bonds is 1. The molecule has 0 unspecified atom stereocenters. The summed E-state index contributed by atoms with van der Waals surface area (Å²) in [5.74, 6) is 0.0870. The van der Waals surface area contributed by atoms with Crippen LogP contribution in [0.1, 0.15) is 12.0 Å². The van der Waals surface area contributed by atoms with Gasteiger partial charge in [0.25, 0.3) is 6.43 Å². The van der Waals surface area contributed by atoms with Crippen molar-refractivity contribution in [2.75, 3.05) is 0 Å². The molecule has 0 radical (unpaired) electrons. The van der Waals surface area contributed by atoms with Crippen LogP contribution < -0.4 is 0 Å². The van der Waals surface area contributed by atoms with Gasteiger partial charge in [-0.2, -0.15) is 0 Å². The van der Waals surface area contributed by atoms with Crippen LogP contribution in [0.2, 0.25) is 0 Å². The van der Waals surface area contributed by atoms with Gasteiger partial charge in [-0.15, -0.1) is 0 Å². The van der Waals surface area contributed by atoms with Crippen LogP contribution in [0.15, 0.2) is 36.4 Å². The van der Waals surface area contributed by atoms with Gasteiger partial charge in [-0.1, -0.05) is 24.3 Å². The molecule has 0 spiro atoms. The van der Waals surface area contributed by atoms with Crippen LogP contribution in [0, 0.1) is 0 Å². The van der Waals surface area contributed by atoms with Gasteiger partial charge in [0.2, 0.25) is 0 Å². The van der Waals surface area contributed by atoms with Crippen molar-refractivity contribution in [3.63, 3.8) is 0 Å². The lowest BCUT2D eigenvalue weighted by Gasteiger charge is -2.05. The van der Waals surface area contributed by atoms with E-state index < -0.39 is 6.43 Å². The van der Waals surface area contributed by atoms with Crippen molar-refractivity contribution in [3.05, 3.63) is 42.0 Å². The number of hydrogen-bond donors (Lipinski definition) is 1. The fourth-order valence-electron chi connectivity index (χ4n) is 1.49. The topological polar surface area (TPSA) is 20.2 Å². The number of benzene rings is 2. The lowest BCUT2D eigenvalue weighted by atomic mass is 10.0. The molecular weight excluding hydrogens is 186 g/mol. The summed E-state index contributed by atoms with van der Waals surface area (Å²) in [4.78, 5) is 0. The Labute approximate surface area is 79.6 Å². The molecule has 0 atom stereocenters. The van der Waals surface area contributed by atoms with Crippen molar-refractivity contribution in [1.82, 2.24) is 0 Å². The molecule has 0 amide bonds. The quantitative estimate of drug-likeness (QED) is 0.736. The van der Waals surface area contributed by atoms with Crippen LogP contribution in [-0.2, 0) is 0 Å². The van der Waals surface area contributed by atoms with E-state index in [1.807, 2.05) is 0 Å². The first kappa shape index (κ1) is 8.94. The maximum Gasteiger partial charge on any atom is 0.264 e. The number of halogens is 2. The van der Waals surface area contributed by atoms with Gasteiger partial charge in [0.05, 0.1) is 0 Å². The van der Waals surface area contributed by atoms with E-state index >= 15 is 0 Å². The first-order valence-electron chi connectivity index (χ1n) is 4.18. The Morgan fingerprint density at radius 2 is 1.86 bits per heavy atom. The molecule has 0 fully saturated rings. The van der Waals surface area contributed by atoms with E-state index in [0.29, 0.717) is 10.8 Å². The number of aromatic hydroxyl groups is 1. The standard InChI is InChI=1S/C11H8F2O/c12-11(13)10-3-1-2-7-6-8(14)4-5-9(7)10/h1-6,11,14H. The molecule has 72 valence electrons. The number of hydrogen-bond acceptors (Lipinski definition) is 1. The minimum atomic E-state index is -2.48. The maximum atomic E-state index is 12.5. The van der Waals surface area contributed by atoms with Crippen molar-refractivity contribution in [1.29, 1.82) is 0 Å². The predicted octanol–water partition coefficient (Wildman–Crippen LogP) is 3.48. The lowest BCUT2D eigenvalue weighted by Crippen LogP contribution is -1.85. The van der Waals surface area contributed by atoms with E-state index in [1.165, 1.54) is 24.3 Å². The summed E-state index contributed by atoms with van der Waals surface area (Å²) in [6, 6.07) is 9.04. The average Bonchev–Trinajstić information content (AvgIpc) is 2.16. The summed E-state index contributed by atoms with van der Waals surface area (Å²) in [6.07, 6.45) is -2.48. The van der Waals surface area contributed by atoms with Crippen molar-refractivity contribution in [2.24, 2.45) is 0 Å². The molecule has 1 nitrogen and oxygen atoms in total. The Morgan fingerprint density at radius 3 is 2.57 bits per heavy atom. The van der Waals surface area contributed by atoms with Crippen LogP contribution >= 0.6 is 0 Å².